The molecule has 118 valence electrons. The van der Waals surface area contributed by atoms with Gasteiger partial charge in [-0.1, -0.05) is 17.3 Å². The standard InChI is InChI=1S/C17H21NO4/c1-3-21-17(19)12-8-11(9-12)16-10-14(18-20-2)13-6-4-5-7-15(13)22-16/h4-7,11-12,16H,3,8-10H2,1-2H3/b18-14+. The zero-order valence-corrected chi connectivity index (χ0v) is 13.0. The number of ether oxygens (including phenoxy) is 2. The van der Waals surface area contributed by atoms with E-state index in [9.17, 15) is 4.79 Å². The summed E-state index contributed by atoms with van der Waals surface area (Å²) in [5, 5.41) is 4.14. The summed E-state index contributed by atoms with van der Waals surface area (Å²) in [6.45, 7) is 2.28. The van der Waals surface area contributed by atoms with Crippen molar-refractivity contribution in [2.45, 2.75) is 32.3 Å². The van der Waals surface area contributed by atoms with Crippen LogP contribution < -0.4 is 4.74 Å². The molecule has 0 saturated heterocycles. The molecule has 22 heavy (non-hydrogen) atoms. The Bertz CT molecular complexity index is 578. The summed E-state index contributed by atoms with van der Waals surface area (Å²) < 4.78 is 11.2. The minimum absolute atomic E-state index is 0.0218. The molecule has 1 heterocycles. The Labute approximate surface area is 130 Å². The molecule has 5 nitrogen and oxygen atoms in total. The number of fused-ring (bicyclic) bond motifs is 1. The summed E-state index contributed by atoms with van der Waals surface area (Å²) in [7, 11) is 1.56. The van der Waals surface area contributed by atoms with Crippen molar-refractivity contribution in [3.05, 3.63) is 29.8 Å². The first-order valence-electron chi connectivity index (χ1n) is 7.75. The van der Waals surface area contributed by atoms with Crippen LogP contribution in [0.2, 0.25) is 0 Å². The van der Waals surface area contributed by atoms with Crippen molar-refractivity contribution in [1.29, 1.82) is 0 Å². The van der Waals surface area contributed by atoms with E-state index < -0.39 is 0 Å². The molecule has 5 heteroatoms. The first-order chi connectivity index (χ1) is 10.7. The SMILES string of the molecule is CCOC(=O)C1CC(C2C/C(=N\OC)c3ccccc3O2)C1. The van der Waals surface area contributed by atoms with E-state index in [0.717, 1.165) is 29.9 Å². The van der Waals surface area contributed by atoms with Crippen LogP contribution in [0, 0.1) is 11.8 Å². The Morgan fingerprint density at radius 1 is 1.36 bits per heavy atom. The Balaban J connectivity index is 1.68. The van der Waals surface area contributed by atoms with E-state index >= 15 is 0 Å². The topological polar surface area (TPSA) is 57.1 Å². The molecule has 1 saturated carbocycles. The van der Waals surface area contributed by atoms with Gasteiger partial charge in [0.1, 0.15) is 19.0 Å². The highest BCUT2D eigenvalue weighted by atomic mass is 16.6. The lowest BCUT2D eigenvalue weighted by Gasteiger charge is -2.40. The second kappa shape index (κ2) is 6.38. The van der Waals surface area contributed by atoms with Crippen LogP contribution in [0.4, 0.5) is 0 Å². The number of nitrogens with zero attached hydrogens (tertiary/aromatic N) is 1. The van der Waals surface area contributed by atoms with Crippen molar-refractivity contribution < 1.29 is 19.1 Å². The number of hydrogen-bond acceptors (Lipinski definition) is 5. The van der Waals surface area contributed by atoms with Gasteiger partial charge in [0.2, 0.25) is 0 Å². The summed E-state index contributed by atoms with van der Waals surface area (Å²) in [5.41, 5.74) is 1.90. The largest absolute Gasteiger partial charge is 0.489 e. The van der Waals surface area contributed by atoms with Crippen molar-refractivity contribution in [2.24, 2.45) is 17.0 Å². The quantitative estimate of drug-likeness (QED) is 0.634. The number of oxime groups is 1. The third-order valence-electron chi connectivity index (χ3n) is 4.39. The summed E-state index contributed by atoms with van der Waals surface area (Å²) in [4.78, 5) is 16.7. The molecule has 3 rings (SSSR count). The number of rotatable bonds is 4. The number of carbonyl (C=O) groups is 1. The maximum absolute atomic E-state index is 11.7. The molecule has 0 spiro atoms. The lowest BCUT2D eigenvalue weighted by atomic mass is 9.70. The summed E-state index contributed by atoms with van der Waals surface area (Å²) in [6, 6.07) is 7.86. The molecule has 1 aromatic carbocycles. The van der Waals surface area contributed by atoms with E-state index in [4.69, 9.17) is 14.3 Å². The summed E-state index contributed by atoms with van der Waals surface area (Å²) in [5.74, 6) is 1.15. The van der Waals surface area contributed by atoms with Gasteiger partial charge in [-0.2, -0.15) is 0 Å². The molecule has 1 unspecified atom stereocenters. The van der Waals surface area contributed by atoms with Gasteiger partial charge in [0.25, 0.3) is 0 Å². The molecule has 1 aromatic rings. The molecule has 0 N–H and O–H groups in total. The van der Waals surface area contributed by atoms with Crippen molar-refractivity contribution >= 4 is 11.7 Å². The van der Waals surface area contributed by atoms with E-state index in [-0.39, 0.29) is 18.0 Å². The molecule has 0 radical (unpaired) electrons. The van der Waals surface area contributed by atoms with Crippen molar-refractivity contribution in [3.63, 3.8) is 0 Å². The molecular formula is C17H21NO4. The fraction of sp³-hybridized carbons (Fsp3) is 0.529. The number of hydrogen-bond donors (Lipinski definition) is 0. The number of para-hydroxylation sites is 1. The van der Waals surface area contributed by atoms with Gasteiger partial charge in [-0.25, -0.2) is 0 Å². The van der Waals surface area contributed by atoms with Crippen LogP contribution in [0.15, 0.2) is 29.4 Å². The predicted molar refractivity (Wildman–Crippen MR) is 81.9 cm³/mol. The van der Waals surface area contributed by atoms with E-state index in [1.807, 2.05) is 31.2 Å². The van der Waals surface area contributed by atoms with Gasteiger partial charge in [-0.3, -0.25) is 4.79 Å². The van der Waals surface area contributed by atoms with Crippen LogP contribution in [0.5, 0.6) is 5.75 Å². The number of benzene rings is 1. The van der Waals surface area contributed by atoms with E-state index in [1.54, 1.807) is 7.11 Å². The molecule has 1 aliphatic heterocycles. The second-order valence-electron chi connectivity index (χ2n) is 5.76. The molecule has 0 amide bonds. The minimum atomic E-state index is -0.0826. The summed E-state index contributed by atoms with van der Waals surface area (Å²) >= 11 is 0. The lowest BCUT2D eigenvalue weighted by molar-refractivity contribution is -0.154. The highest BCUT2D eigenvalue weighted by molar-refractivity contribution is 6.03. The monoisotopic (exact) mass is 303 g/mol. The highest BCUT2D eigenvalue weighted by Crippen LogP contribution is 2.42. The number of esters is 1. The van der Waals surface area contributed by atoms with Crippen LogP contribution in [0.1, 0.15) is 31.7 Å². The lowest BCUT2D eigenvalue weighted by Crippen LogP contribution is -2.43. The Hall–Kier alpha value is -2.04. The van der Waals surface area contributed by atoms with Gasteiger partial charge >= 0.3 is 5.97 Å². The second-order valence-corrected chi connectivity index (χ2v) is 5.76. The third-order valence-corrected chi connectivity index (χ3v) is 4.39. The van der Waals surface area contributed by atoms with Crippen LogP contribution in [-0.4, -0.2) is 31.5 Å². The zero-order chi connectivity index (χ0) is 15.5. The fourth-order valence-corrected chi connectivity index (χ4v) is 3.19. The van der Waals surface area contributed by atoms with Gasteiger partial charge < -0.3 is 14.3 Å². The van der Waals surface area contributed by atoms with E-state index in [2.05, 4.69) is 5.16 Å². The normalized spacial score (nSPS) is 28.3. The first-order valence-corrected chi connectivity index (χ1v) is 7.75. The summed E-state index contributed by atoms with van der Waals surface area (Å²) in [6.07, 6.45) is 2.41. The van der Waals surface area contributed by atoms with E-state index in [0.29, 0.717) is 18.9 Å². The van der Waals surface area contributed by atoms with Gasteiger partial charge in [0.15, 0.2) is 0 Å². The van der Waals surface area contributed by atoms with Gasteiger partial charge in [-0.05, 0) is 37.8 Å². The Morgan fingerprint density at radius 3 is 2.86 bits per heavy atom. The van der Waals surface area contributed by atoms with Crippen LogP contribution in [0.25, 0.3) is 0 Å². The van der Waals surface area contributed by atoms with Gasteiger partial charge in [0, 0.05) is 12.0 Å². The van der Waals surface area contributed by atoms with Gasteiger partial charge in [0.05, 0.1) is 18.2 Å². The molecule has 2 aliphatic rings. The smallest absolute Gasteiger partial charge is 0.308 e. The molecule has 1 aliphatic carbocycles. The molecule has 0 bridgehead atoms. The third kappa shape index (κ3) is 2.80. The minimum Gasteiger partial charge on any atom is -0.489 e. The molecular weight excluding hydrogens is 282 g/mol. The van der Waals surface area contributed by atoms with Crippen LogP contribution in [0.3, 0.4) is 0 Å². The fourth-order valence-electron chi connectivity index (χ4n) is 3.19. The molecule has 1 atom stereocenters. The van der Waals surface area contributed by atoms with Crippen molar-refractivity contribution in [2.75, 3.05) is 13.7 Å². The van der Waals surface area contributed by atoms with Crippen molar-refractivity contribution in [1.82, 2.24) is 0 Å². The van der Waals surface area contributed by atoms with Crippen LogP contribution >= 0.6 is 0 Å². The maximum Gasteiger partial charge on any atom is 0.308 e. The van der Waals surface area contributed by atoms with Gasteiger partial charge in [-0.15, -0.1) is 0 Å². The molecule has 1 fully saturated rings. The molecule has 0 aromatic heterocycles. The Morgan fingerprint density at radius 2 is 2.14 bits per heavy atom. The van der Waals surface area contributed by atoms with Crippen molar-refractivity contribution in [3.8, 4) is 5.75 Å². The number of carbonyl (C=O) groups excluding carboxylic acids is 1. The predicted octanol–water partition coefficient (Wildman–Crippen LogP) is 2.78. The Kier molecular flexibility index (Phi) is 4.32. The van der Waals surface area contributed by atoms with Crippen LogP contribution in [-0.2, 0) is 14.4 Å². The first kappa shape index (κ1) is 14.9. The average molecular weight is 303 g/mol. The van der Waals surface area contributed by atoms with E-state index in [1.165, 1.54) is 0 Å². The average Bonchev–Trinajstić information content (AvgIpc) is 2.46. The zero-order valence-electron chi connectivity index (χ0n) is 13.0. The maximum atomic E-state index is 11.7. The highest BCUT2D eigenvalue weighted by Gasteiger charge is 2.43.